The maximum Gasteiger partial charge on any atom is 0.134 e. The molecule has 0 spiro atoms. The van der Waals surface area contributed by atoms with Crippen molar-refractivity contribution in [2.24, 2.45) is 5.73 Å². The van der Waals surface area contributed by atoms with Crippen molar-refractivity contribution in [1.82, 2.24) is 0 Å². The van der Waals surface area contributed by atoms with Gasteiger partial charge >= 0.3 is 0 Å². The second kappa shape index (κ2) is 5.39. The fraction of sp³-hybridized carbons (Fsp3) is 0.200. The molecule has 1 nitrogen and oxygen atoms in total. The Labute approximate surface area is 119 Å². The number of rotatable bonds is 2. The Hall–Kier alpha value is -1.26. The van der Waals surface area contributed by atoms with Crippen LogP contribution in [-0.4, -0.2) is 0 Å². The molecule has 0 heterocycles. The molecule has 0 aliphatic heterocycles. The minimum atomic E-state index is -0.839. The van der Waals surface area contributed by atoms with E-state index in [0.29, 0.717) is 11.1 Å². The molecule has 0 aromatic heterocycles. The quantitative estimate of drug-likeness (QED) is 0.870. The van der Waals surface area contributed by atoms with E-state index in [1.54, 1.807) is 13.0 Å². The van der Waals surface area contributed by atoms with Gasteiger partial charge in [0, 0.05) is 10.0 Å². The first-order chi connectivity index (χ1) is 8.93. The summed E-state index contributed by atoms with van der Waals surface area (Å²) in [6.07, 6.45) is 0. The van der Waals surface area contributed by atoms with E-state index in [1.807, 2.05) is 19.1 Å². The molecule has 2 N–H and O–H groups in total. The first-order valence-electron chi connectivity index (χ1n) is 5.88. The lowest BCUT2D eigenvalue weighted by Crippen LogP contribution is -2.17. The molecule has 2 rings (SSSR count). The fourth-order valence-electron chi connectivity index (χ4n) is 2.03. The molecule has 0 amide bonds. The van der Waals surface area contributed by atoms with Gasteiger partial charge in [0.2, 0.25) is 0 Å². The Balaban J connectivity index is 2.59. The number of nitrogens with two attached hydrogens (primary N) is 1. The van der Waals surface area contributed by atoms with Crippen LogP contribution < -0.4 is 5.73 Å². The zero-order valence-corrected chi connectivity index (χ0v) is 12.3. The van der Waals surface area contributed by atoms with Crippen LogP contribution >= 0.6 is 15.9 Å². The smallest absolute Gasteiger partial charge is 0.134 e. The Morgan fingerprint density at radius 3 is 2.42 bits per heavy atom. The normalized spacial score (nSPS) is 12.5. The molecule has 19 heavy (non-hydrogen) atoms. The summed E-state index contributed by atoms with van der Waals surface area (Å²) < 4.78 is 28.7. The van der Waals surface area contributed by atoms with Crippen LogP contribution in [0.5, 0.6) is 0 Å². The van der Waals surface area contributed by atoms with Crippen LogP contribution in [0, 0.1) is 25.5 Å². The number of halogens is 3. The van der Waals surface area contributed by atoms with Crippen LogP contribution in [0.4, 0.5) is 8.78 Å². The van der Waals surface area contributed by atoms with Gasteiger partial charge < -0.3 is 5.73 Å². The molecule has 1 unspecified atom stereocenters. The lowest BCUT2D eigenvalue weighted by Gasteiger charge is -2.18. The van der Waals surface area contributed by atoms with Crippen molar-refractivity contribution in [3.05, 3.63) is 68.7 Å². The van der Waals surface area contributed by atoms with Crippen LogP contribution in [-0.2, 0) is 0 Å². The van der Waals surface area contributed by atoms with Gasteiger partial charge in [-0.25, -0.2) is 8.78 Å². The number of aryl methyl sites for hydroxylation is 2. The van der Waals surface area contributed by atoms with Crippen molar-refractivity contribution in [2.45, 2.75) is 19.9 Å². The Bertz CT molecular complexity index is 626. The first-order valence-corrected chi connectivity index (χ1v) is 6.68. The van der Waals surface area contributed by atoms with Gasteiger partial charge in [-0.05, 0) is 36.6 Å². The van der Waals surface area contributed by atoms with E-state index >= 15 is 0 Å². The Morgan fingerprint density at radius 2 is 1.74 bits per heavy atom. The fourth-order valence-corrected chi connectivity index (χ4v) is 2.54. The van der Waals surface area contributed by atoms with Gasteiger partial charge in [-0.1, -0.05) is 40.2 Å². The summed E-state index contributed by atoms with van der Waals surface area (Å²) in [6, 6.07) is 7.31. The molecule has 0 aliphatic rings. The molecule has 0 fully saturated rings. The van der Waals surface area contributed by atoms with Gasteiger partial charge in [-0.2, -0.15) is 0 Å². The van der Waals surface area contributed by atoms with Gasteiger partial charge in [0.05, 0.1) is 6.04 Å². The first kappa shape index (κ1) is 14.2. The molecule has 2 aromatic rings. The minimum absolute atomic E-state index is 0.0914. The van der Waals surface area contributed by atoms with Gasteiger partial charge in [-0.15, -0.1) is 0 Å². The van der Waals surface area contributed by atoms with Gasteiger partial charge in [0.25, 0.3) is 0 Å². The van der Waals surface area contributed by atoms with Gasteiger partial charge in [0.15, 0.2) is 0 Å². The standard InChI is InChI=1S/C15H14BrF2N/c1-8-4-3-5-10(13(8)16)15(19)12-11(17)7-6-9(2)14(12)18/h3-7,15H,19H2,1-2H3. The summed E-state index contributed by atoms with van der Waals surface area (Å²) in [5.74, 6) is -1.20. The highest BCUT2D eigenvalue weighted by molar-refractivity contribution is 9.10. The number of benzene rings is 2. The third-order valence-electron chi connectivity index (χ3n) is 3.19. The van der Waals surface area contributed by atoms with Crippen molar-refractivity contribution in [3.63, 3.8) is 0 Å². The summed E-state index contributed by atoms with van der Waals surface area (Å²) in [4.78, 5) is 0. The summed E-state index contributed by atoms with van der Waals surface area (Å²) in [5.41, 5.74) is 7.98. The lowest BCUT2D eigenvalue weighted by atomic mass is 9.96. The molecule has 0 saturated heterocycles. The van der Waals surface area contributed by atoms with Crippen molar-refractivity contribution >= 4 is 15.9 Å². The monoisotopic (exact) mass is 325 g/mol. The maximum atomic E-state index is 14.1. The van der Waals surface area contributed by atoms with Crippen LogP contribution in [0.1, 0.15) is 28.3 Å². The zero-order valence-electron chi connectivity index (χ0n) is 10.7. The maximum absolute atomic E-state index is 14.1. The second-order valence-corrected chi connectivity index (χ2v) is 5.34. The predicted molar refractivity (Wildman–Crippen MR) is 76.0 cm³/mol. The van der Waals surface area contributed by atoms with E-state index < -0.39 is 17.7 Å². The van der Waals surface area contributed by atoms with Crippen LogP contribution in [0.15, 0.2) is 34.8 Å². The molecular formula is C15H14BrF2N. The average molecular weight is 326 g/mol. The predicted octanol–water partition coefficient (Wildman–Crippen LogP) is 4.39. The number of hydrogen-bond donors (Lipinski definition) is 1. The van der Waals surface area contributed by atoms with Gasteiger partial charge in [-0.3, -0.25) is 0 Å². The SMILES string of the molecule is Cc1ccc(F)c(C(N)c2cccc(C)c2Br)c1F. The van der Waals surface area contributed by atoms with Crippen molar-refractivity contribution < 1.29 is 8.78 Å². The Morgan fingerprint density at radius 1 is 1.05 bits per heavy atom. The summed E-state index contributed by atoms with van der Waals surface area (Å²) in [5, 5.41) is 0. The highest BCUT2D eigenvalue weighted by Gasteiger charge is 2.21. The van der Waals surface area contributed by atoms with Crippen LogP contribution in [0.2, 0.25) is 0 Å². The van der Waals surface area contributed by atoms with Crippen LogP contribution in [0.3, 0.4) is 0 Å². The van der Waals surface area contributed by atoms with Crippen molar-refractivity contribution in [1.29, 1.82) is 0 Å². The summed E-state index contributed by atoms with van der Waals surface area (Å²) in [6.45, 7) is 3.50. The van der Waals surface area contributed by atoms with E-state index in [1.165, 1.54) is 12.1 Å². The zero-order chi connectivity index (χ0) is 14.2. The second-order valence-electron chi connectivity index (χ2n) is 4.55. The molecule has 4 heteroatoms. The molecule has 0 radical (unpaired) electrons. The van der Waals surface area contributed by atoms with Crippen molar-refractivity contribution in [3.8, 4) is 0 Å². The highest BCUT2D eigenvalue weighted by Crippen LogP contribution is 2.32. The van der Waals surface area contributed by atoms with E-state index in [2.05, 4.69) is 15.9 Å². The lowest BCUT2D eigenvalue weighted by molar-refractivity contribution is 0.537. The molecule has 0 aliphatic carbocycles. The minimum Gasteiger partial charge on any atom is -0.320 e. The van der Waals surface area contributed by atoms with Crippen molar-refractivity contribution in [2.75, 3.05) is 0 Å². The molecule has 0 saturated carbocycles. The van der Waals surface area contributed by atoms with Gasteiger partial charge in [0.1, 0.15) is 11.6 Å². The van der Waals surface area contributed by atoms with Crippen LogP contribution in [0.25, 0.3) is 0 Å². The topological polar surface area (TPSA) is 26.0 Å². The molecule has 2 aromatic carbocycles. The van der Waals surface area contributed by atoms with E-state index in [9.17, 15) is 8.78 Å². The third kappa shape index (κ3) is 2.55. The third-order valence-corrected chi connectivity index (χ3v) is 4.27. The summed E-state index contributed by atoms with van der Waals surface area (Å²) in [7, 11) is 0. The molecule has 0 bridgehead atoms. The largest absolute Gasteiger partial charge is 0.320 e. The van der Waals surface area contributed by atoms with E-state index in [-0.39, 0.29) is 5.56 Å². The van der Waals surface area contributed by atoms with E-state index in [4.69, 9.17) is 5.73 Å². The molecule has 1 atom stereocenters. The Kier molecular flexibility index (Phi) is 4.02. The number of hydrogen-bond acceptors (Lipinski definition) is 1. The average Bonchev–Trinajstić information content (AvgIpc) is 2.37. The summed E-state index contributed by atoms with van der Waals surface area (Å²) >= 11 is 3.42. The van der Waals surface area contributed by atoms with E-state index in [0.717, 1.165) is 10.0 Å². The molecule has 100 valence electrons. The highest BCUT2D eigenvalue weighted by atomic mass is 79.9. The molecular weight excluding hydrogens is 312 g/mol.